The van der Waals surface area contributed by atoms with Gasteiger partial charge >= 0.3 is 0 Å². The molecular formula is C12H24O. The van der Waals surface area contributed by atoms with Gasteiger partial charge in [-0.3, -0.25) is 0 Å². The molecular weight excluding hydrogens is 160 g/mol. The molecule has 0 aliphatic rings. The second-order valence-electron chi connectivity index (χ2n) is 3.70. The number of hydrogen-bond donors (Lipinski definition) is 0. The van der Waals surface area contributed by atoms with E-state index in [0.29, 0.717) is 5.92 Å². The lowest BCUT2D eigenvalue weighted by Crippen LogP contribution is -2.07. The monoisotopic (exact) mass is 184 g/mol. The van der Waals surface area contributed by atoms with Gasteiger partial charge in [0.1, 0.15) is 0 Å². The summed E-state index contributed by atoms with van der Waals surface area (Å²) in [4.78, 5) is 0. The second-order valence-corrected chi connectivity index (χ2v) is 3.70. The van der Waals surface area contributed by atoms with Crippen molar-refractivity contribution in [3.63, 3.8) is 0 Å². The second kappa shape index (κ2) is 9.79. The number of methoxy groups -OCH3 is 1. The van der Waals surface area contributed by atoms with Crippen molar-refractivity contribution in [3.05, 3.63) is 12.7 Å². The summed E-state index contributed by atoms with van der Waals surface area (Å²) in [6, 6.07) is 0. The predicted molar refractivity (Wildman–Crippen MR) is 58.9 cm³/mol. The van der Waals surface area contributed by atoms with Gasteiger partial charge in [-0.2, -0.15) is 0 Å². The van der Waals surface area contributed by atoms with Crippen LogP contribution in [0.5, 0.6) is 0 Å². The number of unbranched alkanes of at least 4 members (excludes halogenated alkanes) is 3. The van der Waals surface area contributed by atoms with Gasteiger partial charge in [0.25, 0.3) is 0 Å². The Morgan fingerprint density at radius 2 is 2.08 bits per heavy atom. The SMILES string of the molecule is C=CCC(CCCCCC)COC. The van der Waals surface area contributed by atoms with Crippen LogP contribution in [0.4, 0.5) is 0 Å². The molecule has 1 heteroatoms. The van der Waals surface area contributed by atoms with Crippen molar-refractivity contribution in [2.24, 2.45) is 5.92 Å². The zero-order valence-electron chi connectivity index (χ0n) is 9.22. The first-order valence-electron chi connectivity index (χ1n) is 5.45. The molecule has 0 N–H and O–H groups in total. The fraction of sp³-hybridized carbons (Fsp3) is 0.833. The third kappa shape index (κ3) is 8.04. The minimum Gasteiger partial charge on any atom is -0.384 e. The predicted octanol–water partition coefficient (Wildman–Crippen LogP) is 3.80. The zero-order chi connectivity index (χ0) is 9.94. The fourth-order valence-corrected chi connectivity index (χ4v) is 1.60. The summed E-state index contributed by atoms with van der Waals surface area (Å²) in [5, 5.41) is 0. The van der Waals surface area contributed by atoms with Crippen LogP contribution in [-0.2, 0) is 4.74 Å². The van der Waals surface area contributed by atoms with Gasteiger partial charge in [0, 0.05) is 13.7 Å². The third-order valence-electron chi connectivity index (χ3n) is 2.37. The molecule has 0 amide bonds. The summed E-state index contributed by atoms with van der Waals surface area (Å²) in [6.45, 7) is 6.91. The Labute approximate surface area is 83.2 Å². The largest absolute Gasteiger partial charge is 0.384 e. The highest BCUT2D eigenvalue weighted by Gasteiger charge is 2.05. The third-order valence-corrected chi connectivity index (χ3v) is 2.37. The molecule has 0 saturated carbocycles. The van der Waals surface area contributed by atoms with E-state index < -0.39 is 0 Å². The Balaban J connectivity index is 3.38. The molecule has 0 fully saturated rings. The van der Waals surface area contributed by atoms with Crippen molar-refractivity contribution < 1.29 is 4.74 Å². The molecule has 1 atom stereocenters. The van der Waals surface area contributed by atoms with Gasteiger partial charge in [-0.15, -0.1) is 6.58 Å². The Hall–Kier alpha value is -0.300. The Morgan fingerprint density at radius 3 is 2.62 bits per heavy atom. The molecule has 0 aromatic carbocycles. The summed E-state index contributed by atoms with van der Waals surface area (Å²) in [7, 11) is 1.78. The van der Waals surface area contributed by atoms with Crippen LogP contribution in [0.1, 0.15) is 45.4 Å². The van der Waals surface area contributed by atoms with Gasteiger partial charge in [-0.1, -0.05) is 38.7 Å². The van der Waals surface area contributed by atoms with E-state index in [2.05, 4.69) is 13.5 Å². The van der Waals surface area contributed by atoms with Crippen molar-refractivity contribution in [1.29, 1.82) is 0 Å². The van der Waals surface area contributed by atoms with E-state index in [1.54, 1.807) is 7.11 Å². The summed E-state index contributed by atoms with van der Waals surface area (Å²) < 4.78 is 5.17. The molecule has 0 bridgehead atoms. The first-order valence-corrected chi connectivity index (χ1v) is 5.45. The quantitative estimate of drug-likeness (QED) is 0.391. The molecule has 0 aliphatic heterocycles. The lowest BCUT2D eigenvalue weighted by atomic mass is 9.98. The molecule has 0 radical (unpaired) electrons. The minimum absolute atomic E-state index is 0.694. The summed E-state index contributed by atoms with van der Waals surface area (Å²) in [6.07, 6.45) is 9.79. The molecule has 13 heavy (non-hydrogen) atoms. The van der Waals surface area contributed by atoms with Crippen molar-refractivity contribution >= 4 is 0 Å². The molecule has 0 saturated heterocycles. The lowest BCUT2D eigenvalue weighted by molar-refractivity contribution is 0.147. The zero-order valence-corrected chi connectivity index (χ0v) is 9.22. The van der Waals surface area contributed by atoms with Crippen molar-refractivity contribution in [1.82, 2.24) is 0 Å². The molecule has 0 spiro atoms. The molecule has 1 nitrogen and oxygen atoms in total. The van der Waals surface area contributed by atoms with Crippen LogP contribution in [0.15, 0.2) is 12.7 Å². The maximum Gasteiger partial charge on any atom is 0.0493 e. The number of hydrogen-bond acceptors (Lipinski definition) is 1. The van der Waals surface area contributed by atoms with E-state index in [-0.39, 0.29) is 0 Å². The Morgan fingerprint density at radius 1 is 1.31 bits per heavy atom. The highest BCUT2D eigenvalue weighted by Crippen LogP contribution is 2.14. The van der Waals surface area contributed by atoms with Gasteiger partial charge in [0.2, 0.25) is 0 Å². The van der Waals surface area contributed by atoms with Crippen molar-refractivity contribution in [2.75, 3.05) is 13.7 Å². The first-order chi connectivity index (χ1) is 6.35. The molecule has 78 valence electrons. The highest BCUT2D eigenvalue weighted by molar-refractivity contribution is 4.72. The van der Waals surface area contributed by atoms with E-state index in [0.717, 1.165) is 13.0 Å². The van der Waals surface area contributed by atoms with Crippen LogP contribution in [-0.4, -0.2) is 13.7 Å². The normalized spacial score (nSPS) is 12.8. The molecule has 0 rings (SSSR count). The van der Waals surface area contributed by atoms with Crippen LogP contribution < -0.4 is 0 Å². The van der Waals surface area contributed by atoms with Gasteiger partial charge in [-0.05, 0) is 18.8 Å². The molecule has 0 aromatic rings. The van der Waals surface area contributed by atoms with Gasteiger partial charge < -0.3 is 4.74 Å². The van der Waals surface area contributed by atoms with Crippen molar-refractivity contribution in [3.8, 4) is 0 Å². The van der Waals surface area contributed by atoms with Gasteiger partial charge in [-0.25, -0.2) is 0 Å². The van der Waals surface area contributed by atoms with Crippen LogP contribution in [0.25, 0.3) is 0 Å². The van der Waals surface area contributed by atoms with Crippen LogP contribution in [0.3, 0.4) is 0 Å². The van der Waals surface area contributed by atoms with Gasteiger partial charge in [0.05, 0.1) is 0 Å². The van der Waals surface area contributed by atoms with E-state index in [1.165, 1.54) is 32.1 Å². The van der Waals surface area contributed by atoms with E-state index >= 15 is 0 Å². The van der Waals surface area contributed by atoms with Crippen molar-refractivity contribution in [2.45, 2.75) is 45.4 Å². The molecule has 0 heterocycles. The standard InChI is InChI=1S/C12H24O/c1-4-6-7-8-10-12(9-5-2)11-13-3/h5,12H,2,4,6-11H2,1,3H3. The average Bonchev–Trinajstić information content (AvgIpc) is 2.13. The topological polar surface area (TPSA) is 9.23 Å². The minimum atomic E-state index is 0.694. The Bertz CT molecular complexity index is 110. The number of rotatable bonds is 9. The highest BCUT2D eigenvalue weighted by atomic mass is 16.5. The molecule has 1 unspecified atom stereocenters. The smallest absolute Gasteiger partial charge is 0.0493 e. The first kappa shape index (κ1) is 12.7. The van der Waals surface area contributed by atoms with Crippen LogP contribution in [0.2, 0.25) is 0 Å². The van der Waals surface area contributed by atoms with E-state index in [1.807, 2.05) is 6.08 Å². The summed E-state index contributed by atoms with van der Waals surface area (Å²) >= 11 is 0. The van der Waals surface area contributed by atoms with Gasteiger partial charge in [0.15, 0.2) is 0 Å². The molecule has 0 aromatic heterocycles. The van der Waals surface area contributed by atoms with Crippen LogP contribution in [0, 0.1) is 5.92 Å². The fourth-order valence-electron chi connectivity index (χ4n) is 1.60. The lowest BCUT2D eigenvalue weighted by Gasteiger charge is -2.13. The van der Waals surface area contributed by atoms with Crippen LogP contribution >= 0.6 is 0 Å². The molecule has 0 aliphatic carbocycles. The Kier molecular flexibility index (Phi) is 9.56. The van der Waals surface area contributed by atoms with E-state index in [4.69, 9.17) is 4.74 Å². The number of ether oxygens (including phenoxy) is 1. The summed E-state index contributed by atoms with van der Waals surface area (Å²) in [5.74, 6) is 0.694. The average molecular weight is 184 g/mol. The maximum absolute atomic E-state index is 5.17. The number of allylic oxidation sites excluding steroid dienone is 1. The summed E-state index contributed by atoms with van der Waals surface area (Å²) in [5.41, 5.74) is 0. The van der Waals surface area contributed by atoms with E-state index in [9.17, 15) is 0 Å². The maximum atomic E-state index is 5.17.